The van der Waals surface area contributed by atoms with Gasteiger partial charge < -0.3 is 5.32 Å². The molecule has 0 amide bonds. The van der Waals surface area contributed by atoms with Gasteiger partial charge in [-0.2, -0.15) is 0 Å². The molecule has 3 aliphatic rings. The Balaban J connectivity index is 1.68. The molecule has 3 fully saturated rings. The predicted octanol–water partition coefficient (Wildman–Crippen LogP) is 4.47. The number of hydrogen-bond donors (Lipinski definition) is 1. The second-order valence-electron chi connectivity index (χ2n) is 9.75. The van der Waals surface area contributed by atoms with Gasteiger partial charge in [0.05, 0.1) is 0 Å². The zero-order valence-corrected chi connectivity index (χ0v) is 14.1. The van der Waals surface area contributed by atoms with E-state index in [2.05, 4.69) is 53.8 Å². The highest BCUT2D eigenvalue weighted by Gasteiger charge is 2.65. The normalized spacial score (nSPS) is 45.6. The fourth-order valence-corrected chi connectivity index (χ4v) is 5.89. The Hall–Kier alpha value is -0.0400. The molecule has 110 valence electrons. The van der Waals surface area contributed by atoms with Crippen molar-refractivity contribution < 1.29 is 0 Å². The smallest absolute Gasteiger partial charge is 0.0175 e. The molecule has 0 aromatic rings. The van der Waals surface area contributed by atoms with Gasteiger partial charge in [-0.3, -0.25) is 0 Å². The number of fused-ring (bicyclic) bond motifs is 2. The first-order valence-electron chi connectivity index (χ1n) is 8.27. The van der Waals surface area contributed by atoms with Crippen molar-refractivity contribution in [3.05, 3.63) is 0 Å². The summed E-state index contributed by atoms with van der Waals surface area (Å²) in [6.45, 7) is 18.5. The molecule has 0 spiro atoms. The summed E-state index contributed by atoms with van der Waals surface area (Å²) in [5, 5.41) is 4.02. The zero-order valence-electron chi connectivity index (χ0n) is 14.1. The SMILES string of the molecule is CC12CCC(C1)C(C)(C)C2NCC1C(C)(C)C1(C)C. The van der Waals surface area contributed by atoms with Crippen molar-refractivity contribution in [1.29, 1.82) is 0 Å². The van der Waals surface area contributed by atoms with Crippen LogP contribution in [0.1, 0.15) is 67.7 Å². The zero-order chi connectivity index (χ0) is 14.3. The molecule has 3 atom stereocenters. The maximum absolute atomic E-state index is 4.02. The molecule has 0 heterocycles. The van der Waals surface area contributed by atoms with Crippen molar-refractivity contribution in [1.82, 2.24) is 5.32 Å². The van der Waals surface area contributed by atoms with Crippen molar-refractivity contribution >= 4 is 0 Å². The van der Waals surface area contributed by atoms with Gasteiger partial charge in [0.15, 0.2) is 0 Å². The van der Waals surface area contributed by atoms with Gasteiger partial charge in [-0.05, 0) is 59.3 Å². The van der Waals surface area contributed by atoms with E-state index < -0.39 is 0 Å². The molecule has 1 heteroatoms. The van der Waals surface area contributed by atoms with E-state index in [0.29, 0.717) is 21.7 Å². The summed E-state index contributed by atoms with van der Waals surface area (Å²) < 4.78 is 0. The monoisotopic (exact) mass is 263 g/mol. The van der Waals surface area contributed by atoms with Crippen LogP contribution in [0.25, 0.3) is 0 Å². The van der Waals surface area contributed by atoms with Gasteiger partial charge in [-0.1, -0.05) is 48.5 Å². The minimum atomic E-state index is 0.496. The Kier molecular flexibility index (Phi) is 2.63. The van der Waals surface area contributed by atoms with E-state index >= 15 is 0 Å². The average Bonchev–Trinajstić information content (AvgIpc) is 2.61. The molecule has 1 N–H and O–H groups in total. The average molecular weight is 263 g/mol. The van der Waals surface area contributed by atoms with Crippen LogP contribution in [0.2, 0.25) is 0 Å². The summed E-state index contributed by atoms with van der Waals surface area (Å²) in [4.78, 5) is 0. The molecule has 0 aromatic carbocycles. The minimum absolute atomic E-state index is 0.496. The number of hydrogen-bond acceptors (Lipinski definition) is 1. The van der Waals surface area contributed by atoms with E-state index in [1.807, 2.05) is 0 Å². The third-order valence-corrected chi connectivity index (χ3v) is 8.12. The molecule has 0 aromatic heterocycles. The van der Waals surface area contributed by atoms with Crippen LogP contribution in [0.3, 0.4) is 0 Å². The van der Waals surface area contributed by atoms with Crippen LogP contribution in [0.4, 0.5) is 0 Å². The summed E-state index contributed by atoms with van der Waals surface area (Å²) >= 11 is 0. The largest absolute Gasteiger partial charge is 0.313 e. The summed E-state index contributed by atoms with van der Waals surface area (Å²) in [5.41, 5.74) is 2.10. The Labute approximate surface area is 119 Å². The van der Waals surface area contributed by atoms with Gasteiger partial charge in [0.25, 0.3) is 0 Å². The highest BCUT2D eigenvalue weighted by Crippen LogP contribution is 2.68. The van der Waals surface area contributed by atoms with E-state index in [9.17, 15) is 0 Å². The number of rotatable bonds is 3. The van der Waals surface area contributed by atoms with Crippen LogP contribution in [-0.2, 0) is 0 Å². The van der Waals surface area contributed by atoms with Gasteiger partial charge in [0, 0.05) is 6.04 Å². The second kappa shape index (κ2) is 3.59. The molecular weight excluding hydrogens is 230 g/mol. The molecule has 19 heavy (non-hydrogen) atoms. The van der Waals surface area contributed by atoms with Crippen molar-refractivity contribution in [2.24, 2.45) is 33.5 Å². The first kappa shape index (κ1) is 13.9. The molecule has 3 unspecified atom stereocenters. The van der Waals surface area contributed by atoms with Crippen molar-refractivity contribution in [3.8, 4) is 0 Å². The molecule has 2 bridgehead atoms. The predicted molar refractivity (Wildman–Crippen MR) is 82.1 cm³/mol. The molecular formula is C18H33N. The third-order valence-electron chi connectivity index (χ3n) is 8.12. The molecule has 1 nitrogen and oxygen atoms in total. The van der Waals surface area contributed by atoms with Crippen LogP contribution in [0.15, 0.2) is 0 Å². The van der Waals surface area contributed by atoms with E-state index in [1.54, 1.807) is 0 Å². The lowest BCUT2D eigenvalue weighted by Gasteiger charge is -2.43. The molecule has 0 radical (unpaired) electrons. The fourth-order valence-electron chi connectivity index (χ4n) is 5.89. The summed E-state index contributed by atoms with van der Waals surface area (Å²) in [5.74, 6) is 1.80. The van der Waals surface area contributed by atoms with Crippen molar-refractivity contribution in [2.75, 3.05) is 6.54 Å². The summed E-state index contributed by atoms with van der Waals surface area (Å²) in [6, 6.07) is 0.728. The maximum Gasteiger partial charge on any atom is 0.0175 e. The van der Waals surface area contributed by atoms with E-state index in [4.69, 9.17) is 0 Å². The van der Waals surface area contributed by atoms with Crippen LogP contribution >= 0.6 is 0 Å². The maximum atomic E-state index is 4.02. The van der Waals surface area contributed by atoms with E-state index in [-0.39, 0.29) is 0 Å². The van der Waals surface area contributed by atoms with Gasteiger partial charge in [-0.25, -0.2) is 0 Å². The Morgan fingerprint density at radius 3 is 1.95 bits per heavy atom. The first-order valence-corrected chi connectivity index (χ1v) is 8.27. The lowest BCUT2D eigenvalue weighted by atomic mass is 9.68. The Morgan fingerprint density at radius 2 is 1.53 bits per heavy atom. The summed E-state index contributed by atoms with van der Waals surface area (Å²) in [7, 11) is 0. The van der Waals surface area contributed by atoms with Crippen LogP contribution in [0.5, 0.6) is 0 Å². The highest BCUT2D eigenvalue weighted by molar-refractivity contribution is 5.16. The van der Waals surface area contributed by atoms with Crippen LogP contribution in [-0.4, -0.2) is 12.6 Å². The van der Waals surface area contributed by atoms with Crippen LogP contribution < -0.4 is 5.32 Å². The topological polar surface area (TPSA) is 12.0 Å². The van der Waals surface area contributed by atoms with Crippen molar-refractivity contribution in [2.45, 2.75) is 73.8 Å². The first-order chi connectivity index (χ1) is 8.53. The molecule has 3 saturated carbocycles. The number of nitrogens with one attached hydrogen (secondary N) is 1. The molecule has 3 rings (SSSR count). The Morgan fingerprint density at radius 1 is 0.947 bits per heavy atom. The lowest BCUT2D eigenvalue weighted by Crippen LogP contribution is -2.51. The molecule has 0 saturated heterocycles. The lowest BCUT2D eigenvalue weighted by molar-refractivity contribution is 0.107. The van der Waals surface area contributed by atoms with Crippen molar-refractivity contribution in [3.63, 3.8) is 0 Å². The van der Waals surface area contributed by atoms with Gasteiger partial charge in [0.1, 0.15) is 0 Å². The standard InChI is InChI=1S/C18H33N/c1-15(2)12-8-9-18(7,10-12)14(15)19-11-13-16(3,4)17(13,5)6/h12-14,19H,8-11H2,1-7H3. The van der Waals surface area contributed by atoms with Gasteiger partial charge in [-0.15, -0.1) is 0 Å². The van der Waals surface area contributed by atoms with Gasteiger partial charge >= 0.3 is 0 Å². The third kappa shape index (κ3) is 1.63. The molecule has 0 aliphatic heterocycles. The Bertz CT molecular complexity index is 374. The van der Waals surface area contributed by atoms with E-state index in [0.717, 1.165) is 17.9 Å². The second-order valence-corrected chi connectivity index (χ2v) is 9.75. The molecule has 3 aliphatic carbocycles. The van der Waals surface area contributed by atoms with E-state index in [1.165, 1.54) is 25.8 Å². The highest BCUT2D eigenvalue weighted by atomic mass is 15.0. The summed E-state index contributed by atoms with van der Waals surface area (Å²) in [6.07, 6.45) is 4.35. The quantitative estimate of drug-likeness (QED) is 0.792. The van der Waals surface area contributed by atoms with Crippen LogP contribution in [0, 0.1) is 33.5 Å². The van der Waals surface area contributed by atoms with Gasteiger partial charge in [0.2, 0.25) is 0 Å². The minimum Gasteiger partial charge on any atom is -0.313 e. The fraction of sp³-hybridized carbons (Fsp3) is 1.00.